The molecule has 0 aromatic heterocycles. The molecule has 0 spiro atoms. The van der Waals surface area contributed by atoms with Crippen LogP contribution in [0.2, 0.25) is 0 Å². The number of hydrogen-bond acceptors (Lipinski definition) is 7. The highest BCUT2D eigenvalue weighted by Gasteiger charge is 2.37. The second-order valence-electron chi connectivity index (χ2n) is 13.4. The number of amides is 2. The number of alkyl carbamates (subject to hydrolysis) is 1. The lowest BCUT2D eigenvalue weighted by molar-refractivity contribution is -0.120. The Kier molecular flexibility index (Phi) is 10.4. The molecule has 2 atom stereocenters. The minimum atomic E-state index is -1.85. The Labute approximate surface area is 267 Å². The van der Waals surface area contributed by atoms with Crippen LogP contribution in [0.5, 0.6) is 5.75 Å². The number of hydrogen-bond donors (Lipinski definition) is 1. The zero-order chi connectivity index (χ0) is 33.1. The molecule has 244 valence electrons. The predicted octanol–water partition coefficient (Wildman–Crippen LogP) is 6.76. The van der Waals surface area contributed by atoms with Crippen LogP contribution in [0.4, 0.5) is 14.9 Å². The van der Waals surface area contributed by atoms with E-state index in [1.807, 2.05) is 45.0 Å². The second-order valence-corrected chi connectivity index (χ2v) is 14.9. The van der Waals surface area contributed by atoms with Gasteiger partial charge in [-0.25, -0.2) is 9.18 Å². The molecule has 2 aromatic carbocycles. The molecule has 1 aliphatic heterocycles. The van der Waals surface area contributed by atoms with E-state index in [-0.39, 0.29) is 40.3 Å². The van der Waals surface area contributed by atoms with E-state index in [0.717, 1.165) is 43.1 Å². The van der Waals surface area contributed by atoms with Gasteiger partial charge in [-0.2, -0.15) is 0 Å². The number of rotatable bonds is 7. The molecular formula is C34H44FN3O6S. The average Bonchev–Trinajstić information content (AvgIpc) is 3.43. The van der Waals surface area contributed by atoms with E-state index < -0.39 is 45.7 Å². The monoisotopic (exact) mass is 641 g/mol. The first-order chi connectivity index (χ1) is 21.1. The van der Waals surface area contributed by atoms with Gasteiger partial charge < -0.3 is 24.4 Å². The lowest BCUT2D eigenvalue weighted by Gasteiger charge is -2.28. The Balaban J connectivity index is 1.71. The van der Waals surface area contributed by atoms with Crippen molar-refractivity contribution in [1.29, 1.82) is 0 Å². The van der Waals surface area contributed by atoms with Crippen molar-refractivity contribution >= 4 is 40.1 Å². The van der Waals surface area contributed by atoms with E-state index in [0.29, 0.717) is 5.90 Å². The van der Waals surface area contributed by atoms with Crippen LogP contribution in [0.15, 0.2) is 52.9 Å². The van der Waals surface area contributed by atoms with Gasteiger partial charge in [0.1, 0.15) is 29.0 Å². The minimum absolute atomic E-state index is 0.00665. The fraction of sp³-hybridized carbons (Fsp3) is 0.500. The molecule has 1 fully saturated rings. The fourth-order valence-corrected chi connectivity index (χ4v) is 6.59. The topological polar surface area (TPSA) is 107 Å². The molecule has 4 rings (SSSR count). The largest absolute Gasteiger partial charge is 0.490 e. The van der Waals surface area contributed by atoms with Gasteiger partial charge in [0.15, 0.2) is 5.90 Å². The fourth-order valence-electron chi connectivity index (χ4n) is 5.25. The summed E-state index contributed by atoms with van der Waals surface area (Å²) in [5.41, 5.74) is -0.310. The maximum atomic E-state index is 15.6. The molecule has 0 saturated heterocycles. The highest BCUT2D eigenvalue weighted by atomic mass is 32.2. The molecule has 11 heteroatoms. The third-order valence-corrected chi connectivity index (χ3v) is 8.85. The first kappa shape index (κ1) is 34.1. The molecule has 1 saturated carbocycles. The van der Waals surface area contributed by atoms with Crippen molar-refractivity contribution < 1.29 is 32.4 Å². The third-order valence-electron chi connectivity index (χ3n) is 7.39. The number of anilines is 1. The van der Waals surface area contributed by atoms with Crippen LogP contribution in [-0.4, -0.2) is 52.7 Å². The van der Waals surface area contributed by atoms with Crippen LogP contribution >= 0.6 is 0 Å². The molecule has 0 bridgehead atoms. The summed E-state index contributed by atoms with van der Waals surface area (Å²) in [6, 6.07) is 8.80. The molecule has 2 aromatic rings. The standard InChI is InChI=1S/C34H44FN3O6S/c1-21(42-31(36-8)33(2,3)4)25-17-28-29(18-26(25)35)45(41)20-27(37-32(40)44-34(5,6)7)30(39)38(28)19-22-13-15-24(16-14-22)43-23-11-9-10-12-23/h13-18,23,27H,1,9-12,19-20H2,2-8H3,(H,37,40)/t27-,45?/m0/s1. The van der Waals surface area contributed by atoms with Gasteiger partial charge in [-0.1, -0.05) is 39.5 Å². The van der Waals surface area contributed by atoms with Gasteiger partial charge in [0.05, 0.1) is 45.3 Å². The number of fused-ring (bicyclic) bond motifs is 1. The first-order valence-electron chi connectivity index (χ1n) is 15.2. The van der Waals surface area contributed by atoms with Crippen LogP contribution < -0.4 is 15.0 Å². The summed E-state index contributed by atoms with van der Waals surface area (Å²) in [6.45, 7) is 14.8. The molecule has 2 amide bonds. The summed E-state index contributed by atoms with van der Waals surface area (Å²) >= 11 is 0. The zero-order valence-electron chi connectivity index (χ0n) is 27.2. The molecule has 1 aliphatic carbocycles. The van der Waals surface area contributed by atoms with Gasteiger partial charge in [-0.05, 0) is 76.3 Å². The van der Waals surface area contributed by atoms with Gasteiger partial charge in [-0.3, -0.25) is 14.0 Å². The van der Waals surface area contributed by atoms with Crippen LogP contribution in [0.1, 0.15) is 78.4 Å². The average molecular weight is 642 g/mol. The Bertz CT molecular complexity index is 1490. The molecule has 45 heavy (non-hydrogen) atoms. The van der Waals surface area contributed by atoms with E-state index in [1.54, 1.807) is 27.8 Å². The van der Waals surface area contributed by atoms with Crippen molar-refractivity contribution in [3.05, 3.63) is 59.9 Å². The molecule has 1 heterocycles. The van der Waals surface area contributed by atoms with Gasteiger partial charge in [-0.15, -0.1) is 0 Å². The summed E-state index contributed by atoms with van der Waals surface area (Å²) in [4.78, 5) is 32.5. The zero-order valence-corrected chi connectivity index (χ0v) is 28.0. The quantitative estimate of drug-likeness (QED) is 0.204. The summed E-state index contributed by atoms with van der Waals surface area (Å²) in [5, 5.41) is 2.58. The minimum Gasteiger partial charge on any atom is -0.490 e. The molecule has 0 radical (unpaired) electrons. The summed E-state index contributed by atoms with van der Waals surface area (Å²) < 4.78 is 46.6. The van der Waals surface area contributed by atoms with Gasteiger partial charge in [0.2, 0.25) is 0 Å². The Morgan fingerprint density at radius 2 is 1.76 bits per heavy atom. The van der Waals surface area contributed by atoms with Crippen molar-refractivity contribution in [2.45, 2.75) is 96.4 Å². The van der Waals surface area contributed by atoms with Crippen LogP contribution in [0.25, 0.3) is 5.76 Å². The van der Waals surface area contributed by atoms with E-state index >= 15 is 4.39 Å². The van der Waals surface area contributed by atoms with Crippen molar-refractivity contribution in [3.8, 4) is 5.75 Å². The first-order valence-corrected chi connectivity index (χ1v) is 16.5. The normalized spacial score (nSPS) is 19.5. The van der Waals surface area contributed by atoms with Crippen LogP contribution in [0, 0.1) is 11.2 Å². The smallest absolute Gasteiger partial charge is 0.408 e. The summed E-state index contributed by atoms with van der Waals surface area (Å²) in [6.07, 6.45) is 3.74. The van der Waals surface area contributed by atoms with Crippen molar-refractivity contribution in [2.24, 2.45) is 10.4 Å². The summed E-state index contributed by atoms with van der Waals surface area (Å²) in [7, 11) is -0.277. The highest BCUT2D eigenvalue weighted by Crippen LogP contribution is 2.36. The molecule has 9 nitrogen and oxygen atoms in total. The maximum Gasteiger partial charge on any atom is 0.408 e. The molecule has 2 aliphatic rings. The van der Waals surface area contributed by atoms with Crippen molar-refractivity contribution in [3.63, 3.8) is 0 Å². The van der Waals surface area contributed by atoms with Gasteiger partial charge in [0.25, 0.3) is 5.91 Å². The SMILES string of the molecule is C=C(OC(=NC)C(C)(C)C)c1cc2c(cc1F)S(=O)C[C@H](NC(=O)OC(C)(C)C)C(=O)N2Cc1ccc(OC2CCCC2)cc1. The van der Waals surface area contributed by atoms with E-state index in [4.69, 9.17) is 14.2 Å². The third kappa shape index (κ3) is 8.71. The number of nitrogens with one attached hydrogen (secondary N) is 1. The number of aliphatic imine (C=N–C) groups is 1. The van der Waals surface area contributed by atoms with E-state index in [2.05, 4.69) is 16.9 Å². The lowest BCUT2D eigenvalue weighted by atomic mass is 9.96. The number of benzene rings is 2. The van der Waals surface area contributed by atoms with Crippen molar-refractivity contribution in [1.82, 2.24) is 5.32 Å². The highest BCUT2D eigenvalue weighted by molar-refractivity contribution is 7.85. The molecular weight excluding hydrogens is 597 g/mol. The number of carbonyl (C=O) groups excluding carboxylic acids is 2. The Morgan fingerprint density at radius 1 is 1.11 bits per heavy atom. The lowest BCUT2D eigenvalue weighted by Crippen LogP contribution is -2.51. The Hall–Kier alpha value is -3.73. The predicted molar refractivity (Wildman–Crippen MR) is 174 cm³/mol. The van der Waals surface area contributed by atoms with Crippen LogP contribution in [0.3, 0.4) is 0 Å². The van der Waals surface area contributed by atoms with Crippen LogP contribution in [-0.2, 0) is 31.6 Å². The van der Waals surface area contributed by atoms with E-state index in [9.17, 15) is 13.8 Å². The molecule has 1 unspecified atom stereocenters. The van der Waals surface area contributed by atoms with Gasteiger partial charge >= 0.3 is 6.09 Å². The second kappa shape index (κ2) is 13.7. The molecule has 1 N–H and O–H groups in total. The number of halogens is 1. The number of nitrogens with zero attached hydrogens (tertiary/aromatic N) is 2. The van der Waals surface area contributed by atoms with Gasteiger partial charge in [0, 0.05) is 12.5 Å². The number of carbonyl (C=O) groups is 2. The maximum absolute atomic E-state index is 15.6. The van der Waals surface area contributed by atoms with Crippen molar-refractivity contribution in [2.75, 3.05) is 17.7 Å². The Morgan fingerprint density at radius 3 is 2.33 bits per heavy atom. The van der Waals surface area contributed by atoms with E-state index in [1.165, 1.54) is 11.0 Å². The number of ether oxygens (including phenoxy) is 3. The summed E-state index contributed by atoms with van der Waals surface area (Å²) in [5.74, 6) is -0.415.